The Balaban J connectivity index is 2.03. The highest BCUT2D eigenvalue weighted by Gasteiger charge is 2.07. The molecule has 2 aromatic rings. The molecule has 0 spiro atoms. The van der Waals surface area contributed by atoms with Gasteiger partial charge in [-0.15, -0.1) is 0 Å². The van der Waals surface area contributed by atoms with Gasteiger partial charge in [-0.1, -0.05) is 23.7 Å². The van der Waals surface area contributed by atoms with Gasteiger partial charge in [0.15, 0.2) is 5.15 Å². The molecule has 1 heterocycles. The minimum Gasteiger partial charge on any atom is -0.508 e. The van der Waals surface area contributed by atoms with E-state index < -0.39 is 0 Å². The fourth-order valence-corrected chi connectivity index (χ4v) is 1.69. The Morgan fingerprint density at radius 2 is 2.17 bits per heavy atom. The van der Waals surface area contributed by atoms with Crippen molar-refractivity contribution in [2.75, 3.05) is 5.32 Å². The first-order chi connectivity index (χ1) is 8.65. The van der Waals surface area contributed by atoms with E-state index in [1.54, 1.807) is 42.6 Å². The fourth-order valence-electron chi connectivity index (χ4n) is 1.53. The molecule has 0 bridgehead atoms. The number of aromatic nitrogens is 1. The summed E-state index contributed by atoms with van der Waals surface area (Å²) in [6.07, 6.45) is 1.72. The van der Waals surface area contributed by atoms with Crippen molar-refractivity contribution in [3.63, 3.8) is 0 Å². The standard InChI is InChI=1S/C13H11ClN2O2/c14-13-11(5-2-6-15-13)16-12(18)8-9-3-1-4-10(17)7-9/h1-7,17H,8H2,(H,16,18). The molecule has 1 aromatic heterocycles. The number of nitrogens with zero attached hydrogens (tertiary/aromatic N) is 1. The maximum absolute atomic E-state index is 11.8. The lowest BCUT2D eigenvalue weighted by Crippen LogP contribution is -2.14. The fraction of sp³-hybridized carbons (Fsp3) is 0.0769. The van der Waals surface area contributed by atoms with E-state index in [9.17, 15) is 9.90 Å². The van der Waals surface area contributed by atoms with Crippen LogP contribution in [0, 0.1) is 0 Å². The van der Waals surface area contributed by atoms with Gasteiger partial charge < -0.3 is 10.4 Å². The Hall–Kier alpha value is -2.07. The van der Waals surface area contributed by atoms with Crippen LogP contribution >= 0.6 is 11.6 Å². The SMILES string of the molecule is O=C(Cc1cccc(O)c1)Nc1cccnc1Cl. The number of nitrogens with one attached hydrogen (secondary N) is 1. The summed E-state index contributed by atoms with van der Waals surface area (Å²) < 4.78 is 0. The minimum atomic E-state index is -0.212. The maximum atomic E-state index is 11.8. The predicted octanol–water partition coefficient (Wildman–Crippen LogP) is 2.62. The lowest BCUT2D eigenvalue weighted by molar-refractivity contribution is -0.115. The second kappa shape index (κ2) is 5.51. The summed E-state index contributed by atoms with van der Waals surface area (Å²) in [6, 6.07) is 9.93. The number of carbonyl (C=O) groups is 1. The third kappa shape index (κ3) is 3.21. The third-order valence-corrected chi connectivity index (χ3v) is 2.61. The summed E-state index contributed by atoms with van der Waals surface area (Å²) in [5.74, 6) is -0.0739. The first-order valence-corrected chi connectivity index (χ1v) is 5.71. The molecule has 0 saturated carbocycles. The van der Waals surface area contributed by atoms with Crippen LogP contribution in [0.15, 0.2) is 42.6 Å². The quantitative estimate of drug-likeness (QED) is 0.836. The van der Waals surface area contributed by atoms with Gasteiger partial charge in [0, 0.05) is 6.20 Å². The summed E-state index contributed by atoms with van der Waals surface area (Å²) in [5, 5.41) is 12.2. The van der Waals surface area contributed by atoms with Crippen molar-refractivity contribution in [3.05, 3.63) is 53.3 Å². The van der Waals surface area contributed by atoms with Crippen LogP contribution in [-0.4, -0.2) is 16.0 Å². The Morgan fingerprint density at radius 3 is 2.89 bits per heavy atom. The van der Waals surface area contributed by atoms with Crippen LogP contribution in [0.25, 0.3) is 0 Å². The lowest BCUT2D eigenvalue weighted by atomic mass is 10.1. The molecule has 1 aromatic carbocycles. The van der Waals surface area contributed by atoms with Gasteiger partial charge in [0.2, 0.25) is 5.91 Å². The summed E-state index contributed by atoms with van der Waals surface area (Å²) in [4.78, 5) is 15.6. The number of anilines is 1. The summed E-state index contributed by atoms with van der Waals surface area (Å²) in [7, 11) is 0. The number of rotatable bonds is 3. The van der Waals surface area contributed by atoms with Crippen molar-refractivity contribution >= 4 is 23.2 Å². The van der Waals surface area contributed by atoms with Crippen LogP contribution in [-0.2, 0) is 11.2 Å². The molecule has 0 unspecified atom stereocenters. The minimum absolute atomic E-state index is 0.139. The molecule has 2 rings (SSSR count). The smallest absolute Gasteiger partial charge is 0.228 e. The van der Waals surface area contributed by atoms with Crippen LogP contribution in [0.3, 0.4) is 0 Å². The number of pyridine rings is 1. The highest BCUT2D eigenvalue weighted by molar-refractivity contribution is 6.32. The van der Waals surface area contributed by atoms with Gasteiger partial charge in [0.25, 0.3) is 0 Å². The zero-order valence-corrected chi connectivity index (χ0v) is 10.2. The number of aromatic hydroxyl groups is 1. The molecule has 0 saturated heterocycles. The number of halogens is 1. The topological polar surface area (TPSA) is 62.2 Å². The average Bonchev–Trinajstić information content (AvgIpc) is 2.32. The highest BCUT2D eigenvalue weighted by atomic mass is 35.5. The van der Waals surface area contributed by atoms with E-state index in [1.165, 1.54) is 0 Å². The number of hydrogen-bond acceptors (Lipinski definition) is 3. The third-order valence-electron chi connectivity index (χ3n) is 2.31. The number of amides is 1. The summed E-state index contributed by atoms with van der Waals surface area (Å²) in [6.45, 7) is 0. The Labute approximate surface area is 109 Å². The van der Waals surface area contributed by atoms with E-state index >= 15 is 0 Å². The van der Waals surface area contributed by atoms with E-state index in [0.717, 1.165) is 5.56 Å². The number of benzene rings is 1. The Bertz CT molecular complexity index is 572. The normalized spacial score (nSPS) is 10.1. The van der Waals surface area contributed by atoms with Crippen molar-refractivity contribution in [1.82, 2.24) is 4.98 Å². The molecule has 4 nitrogen and oxygen atoms in total. The van der Waals surface area contributed by atoms with Crippen molar-refractivity contribution < 1.29 is 9.90 Å². The van der Waals surface area contributed by atoms with E-state index in [-0.39, 0.29) is 23.2 Å². The van der Waals surface area contributed by atoms with Gasteiger partial charge in [0.1, 0.15) is 5.75 Å². The van der Waals surface area contributed by atoms with Crippen molar-refractivity contribution in [2.45, 2.75) is 6.42 Å². The summed E-state index contributed by atoms with van der Waals surface area (Å²) in [5.41, 5.74) is 1.21. The van der Waals surface area contributed by atoms with Crippen molar-refractivity contribution in [2.24, 2.45) is 0 Å². The molecule has 0 radical (unpaired) electrons. The average molecular weight is 263 g/mol. The second-order valence-corrected chi connectivity index (χ2v) is 4.09. The molecule has 0 aliphatic carbocycles. The van der Waals surface area contributed by atoms with Gasteiger partial charge >= 0.3 is 0 Å². The molecule has 0 atom stereocenters. The highest BCUT2D eigenvalue weighted by Crippen LogP contribution is 2.18. The van der Waals surface area contributed by atoms with E-state index in [0.29, 0.717) is 5.69 Å². The Morgan fingerprint density at radius 1 is 1.33 bits per heavy atom. The van der Waals surface area contributed by atoms with E-state index in [1.807, 2.05) is 0 Å². The van der Waals surface area contributed by atoms with Gasteiger partial charge in [0.05, 0.1) is 12.1 Å². The van der Waals surface area contributed by atoms with Gasteiger partial charge in [-0.25, -0.2) is 4.98 Å². The second-order valence-electron chi connectivity index (χ2n) is 3.74. The number of carbonyl (C=O) groups excluding carboxylic acids is 1. The molecule has 0 aliphatic heterocycles. The van der Waals surface area contributed by atoms with Crippen LogP contribution < -0.4 is 5.32 Å². The molecule has 18 heavy (non-hydrogen) atoms. The monoisotopic (exact) mass is 262 g/mol. The van der Waals surface area contributed by atoms with E-state index in [4.69, 9.17) is 11.6 Å². The molecular formula is C13H11ClN2O2. The predicted molar refractivity (Wildman–Crippen MR) is 69.7 cm³/mol. The molecule has 92 valence electrons. The summed E-state index contributed by atoms with van der Waals surface area (Å²) >= 11 is 5.83. The molecule has 0 fully saturated rings. The van der Waals surface area contributed by atoms with Gasteiger partial charge in [-0.05, 0) is 29.8 Å². The van der Waals surface area contributed by atoms with Gasteiger partial charge in [-0.2, -0.15) is 0 Å². The molecular weight excluding hydrogens is 252 g/mol. The lowest BCUT2D eigenvalue weighted by Gasteiger charge is -2.06. The molecule has 5 heteroatoms. The van der Waals surface area contributed by atoms with Crippen LogP contribution in [0.4, 0.5) is 5.69 Å². The van der Waals surface area contributed by atoms with Crippen molar-refractivity contribution in [3.8, 4) is 5.75 Å². The maximum Gasteiger partial charge on any atom is 0.228 e. The van der Waals surface area contributed by atoms with Crippen LogP contribution in [0.5, 0.6) is 5.75 Å². The first-order valence-electron chi connectivity index (χ1n) is 5.33. The first kappa shape index (κ1) is 12.4. The molecule has 2 N–H and O–H groups in total. The largest absolute Gasteiger partial charge is 0.508 e. The number of hydrogen-bond donors (Lipinski definition) is 2. The Kier molecular flexibility index (Phi) is 3.79. The zero-order valence-electron chi connectivity index (χ0n) is 9.43. The zero-order chi connectivity index (χ0) is 13.0. The van der Waals surface area contributed by atoms with Crippen molar-refractivity contribution in [1.29, 1.82) is 0 Å². The van der Waals surface area contributed by atoms with Crippen LogP contribution in [0.2, 0.25) is 5.15 Å². The van der Waals surface area contributed by atoms with Gasteiger partial charge in [-0.3, -0.25) is 4.79 Å². The molecule has 1 amide bonds. The molecule has 0 aliphatic rings. The van der Waals surface area contributed by atoms with E-state index in [2.05, 4.69) is 10.3 Å². The van der Waals surface area contributed by atoms with Crippen LogP contribution in [0.1, 0.15) is 5.56 Å². The number of phenolic OH excluding ortho intramolecular Hbond substituents is 1. The number of phenols is 1.